The maximum atomic E-state index is 7.62. The highest BCUT2D eigenvalue weighted by atomic mass is 16.5. The number of aliphatic hydroxyl groups excluding tert-OH is 2. The van der Waals surface area contributed by atoms with Gasteiger partial charge in [-0.2, -0.15) is 0 Å². The second kappa shape index (κ2) is 102. The van der Waals surface area contributed by atoms with Crippen LogP contribution in [0.4, 0.5) is 0 Å². The third-order valence-electron chi connectivity index (χ3n) is 2.38. The molecule has 27 heavy (non-hydrogen) atoms. The lowest BCUT2D eigenvalue weighted by Crippen LogP contribution is -1.96. The zero-order chi connectivity index (χ0) is 23.2. The fourth-order valence-electron chi connectivity index (χ4n) is 1.36. The van der Waals surface area contributed by atoms with Crippen LogP contribution >= 0.6 is 0 Å². The number of aliphatic hydroxyl groups is 2. The molecule has 0 aromatic carbocycles. The van der Waals surface area contributed by atoms with Gasteiger partial charge in [-0.15, -0.1) is 65.8 Å². The molecular formula is C24H52O3. The van der Waals surface area contributed by atoms with E-state index in [0.29, 0.717) is 0 Å². The summed E-state index contributed by atoms with van der Waals surface area (Å²) in [6, 6.07) is 0. The average molecular weight is 389 g/mol. The fourth-order valence-corrected chi connectivity index (χ4v) is 1.36. The van der Waals surface area contributed by atoms with E-state index in [1.807, 2.05) is 0 Å². The Labute approximate surface area is 172 Å². The predicted molar refractivity (Wildman–Crippen MR) is 130 cm³/mol. The standard InChI is InChI=1S/C12H26O.C2H6O2.5C2H4/c1-3-5-7-9-11-13-12-10-8-6-4-2;3-1-2-4;5*1-2/h3-12H2,1-2H3;3-4H,1-2H2;5*1-2H2. The zero-order valence-corrected chi connectivity index (χ0v) is 18.9. The molecule has 0 aromatic rings. The summed E-state index contributed by atoms with van der Waals surface area (Å²) < 4.78 is 5.53. The van der Waals surface area contributed by atoms with Crippen LogP contribution in [-0.2, 0) is 4.74 Å². The van der Waals surface area contributed by atoms with E-state index in [-0.39, 0.29) is 13.2 Å². The lowest BCUT2D eigenvalue weighted by molar-refractivity contribution is 0.126. The Morgan fingerprint density at radius 3 is 0.926 bits per heavy atom. The Bertz CT molecular complexity index is 140. The van der Waals surface area contributed by atoms with Crippen molar-refractivity contribution in [3.05, 3.63) is 65.8 Å². The number of ether oxygens (including phenoxy) is 1. The summed E-state index contributed by atoms with van der Waals surface area (Å²) in [7, 11) is 0. The van der Waals surface area contributed by atoms with Crippen LogP contribution in [0.25, 0.3) is 0 Å². The Morgan fingerprint density at radius 1 is 0.481 bits per heavy atom. The van der Waals surface area contributed by atoms with Crippen molar-refractivity contribution in [2.45, 2.75) is 65.2 Å². The van der Waals surface area contributed by atoms with Gasteiger partial charge in [-0.1, -0.05) is 52.4 Å². The van der Waals surface area contributed by atoms with E-state index in [9.17, 15) is 0 Å². The molecule has 0 aromatic heterocycles. The van der Waals surface area contributed by atoms with Crippen LogP contribution in [0.5, 0.6) is 0 Å². The summed E-state index contributed by atoms with van der Waals surface area (Å²) in [5.74, 6) is 0. The van der Waals surface area contributed by atoms with E-state index in [1.165, 1.54) is 51.4 Å². The molecule has 0 aliphatic carbocycles. The van der Waals surface area contributed by atoms with Gasteiger partial charge in [0.15, 0.2) is 0 Å². The van der Waals surface area contributed by atoms with Crippen LogP contribution in [0.2, 0.25) is 0 Å². The largest absolute Gasteiger partial charge is 0.394 e. The Balaban J connectivity index is -0.0000000475. The highest BCUT2D eigenvalue weighted by Gasteiger charge is 1.90. The van der Waals surface area contributed by atoms with Crippen molar-refractivity contribution in [1.82, 2.24) is 0 Å². The van der Waals surface area contributed by atoms with E-state index >= 15 is 0 Å². The third kappa shape index (κ3) is 137. The van der Waals surface area contributed by atoms with E-state index in [0.717, 1.165) is 13.2 Å². The molecular weight excluding hydrogens is 336 g/mol. The molecule has 0 fully saturated rings. The maximum absolute atomic E-state index is 7.62. The summed E-state index contributed by atoms with van der Waals surface area (Å²) in [6.07, 6.45) is 10.5. The van der Waals surface area contributed by atoms with Crippen LogP contribution in [0, 0.1) is 0 Å². The molecule has 0 radical (unpaired) electrons. The second-order valence-corrected chi connectivity index (χ2v) is 4.18. The Hall–Kier alpha value is -1.42. The molecule has 0 unspecified atom stereocenters. The number of hydrogen-bond donors (Lipinski definition) is 2. The van der Waals surface area contributed by atoms with Crippen LogP contribution in [0.15, 0.2) is 65.8 Å². The highest BCUT2D eigenvalue weighted by molar-refractivity contribution is 4.42. The van der Waals surface area contributed by atoms with Crippen molar-refractivity contribution in [2.75, 3.05) is 26.4 Å². The average Bonchev–Trinajstić information content (AvgIpc) is 2.79. The van der Waals surface area contributed by atoms with Gasteiger partial charge in [0.2, 0.25) is 0 Å². The number of hydrogen-bond acceptors (Lipinski definition) is 3. The van der Waals surface area contributed by atoms with Crippen LogP contribution in [0.3, 0.4) is 0 Å². The molecule has 0 amide bonds. The maximum Gasteiger partial charge on any atom is 0.0662 e. The molecule has 3 nitrogen and oxygen atoms in total. The van der Waals surface area contributed by atoms with E-state index in [4.69, 9.17) is 14.9 Å². The lowest BCUT2D eigenvalue weighted by atomic mass is 10.2. The Kier molecular flexibility index (Phi) is 169. The highest BCUT2D eigenvalue weighted by Crippen LogP contribution is 2.01. The molecule has 3 heteroatoms. The first-order valence-corrected chi connectivity index (χ1v) is 9.62. The summed E-state index contributed by atoms with van der Waals surface area (Å²) in [5.41, 5.74) is 0. The zero-order valence-electron chi connectivity index (χ0n) is 18.9. The molecule has 0 heterocycles. The molecule has 0 aliphatic rings. The van der Waals surface area contributed by atoms with Gasteiger partial charge in [-0.3, -0.25) is 0 Å². The van der Waals surface area contributed by atoms with Gasteiger partial charge in [0, 0.05) is 13.2 Å². The van der Waals surface area contributed by atoms with Crippen molar-refractivity contribution < 1.29 is 14.9 Å². The van der Waals surface area contributed by atoms with Gasteiger partial charge >= 0.3 is 0 Å². The minimum Gasteiger partial charge on any atom is -0.394 e. The molecule has 0 rings (SSSR count). The van der Waals surface area contributed by atoms with Crippen LogP contribution < -0.4 is 0 Å². The summed E-state index contributed by atoms with van der Waals surface area (Å²) >= 11 is 0. The van der Waals surface area contributed by atoms with E-state index < -0.39 is 0 Å². The summed E-state index contributed by atoms with van der Waals surface area (Å²) in [6.45, 7) is 36.2. The SMILES string of the molecule is C=C.C=C.C=C.C=C.C=C.CCCCCCOCCCCCC.OCCO. The molecule has 0 spiro atoms. The first-order chi connectivity index (χ1) is 13.3. The van der Waals surface area contributed by atoms with Crippen molar-refractivity contribution in [1.29, 1.82) is 0 Å². The quantitative estimate of drug-likeness (QED) is 0.292. The third-order valence-corrected chi connectivity index (χ3v) is 2.38. The van der Waals surface area contributed by atoms with E-state index in [1.54, 1.807) is 0 Å². The normalized spacial score (nSPS) is 6.96. The van der Waals surface area contributed by atoms with Crippen LogP contribution in [-0.4, -0.2) is 36.6 Å². The molecule has 166 valence electrons. The van der Waals surface area contributed by atoms with Crippen molar-refractivity contribution in [3.63, 3.8) is 0 Å². The fraction of sp³-hybridized carbons (Fsp3) is 0.583. The van der Waals surface area contributed by atoms with Gasteiger partial charge in [0.05, 0.1) is 13.2 Å². The smallest absolute Gasteiger partial charge is 0.0662 e. The van der Waals surface area contributed by atoms with Gasteiger partial charge in [0.25, 0.3) is 0 Å². The van der Waals surface area contributed by atoms with Crippen molar-refractivity contribution >= 4 is 0 Å². The number of unbranched alkanes of at least 4 members (excludes halogenated alkanes) is 6. The van der Waals surface area contributed by atoms with Gasteiger partial charge in [-0.05, 0) is 12.8 Å². The first kappa shape index (κ1) is 44.8. The van der Waals surface area contributed by atoms with Gasteiger partial charge < -0.3 is 14.9 Å². The lowest BCUT2D eigenvalue weighted by Gasteiger charge is -2.03. The second-order valence-electron chi connectivity index (χ2n) is 4.18. The first-order valence-electron chi connectivity index (χ1n) is 9.62. The molecule has 0 saturated heterocycles. The van der Waals surface area contributed by atoms with Crippen LogP contribution in [0.1, 0.15) is 65.2 Å². The monoisotopic (exact) mass is 388 g/mol. The molecule has 0 atom stereocenters. The molecule has 0 bridgehead atoms. The predicted octanol–water partition coefficient (Wildman–Crippen LogP) is 7.15. The van der Waals surface area contributed by atoms with Crippen molar-refractivity contribution in [2.24, 2.45) is 0 Å². The topological polar surface area (TPSA) is 49.7 Å². The molecule has 0 saturated carbocycles. The summed E-state index contributed by atoms with van der Waals surface area (Å²) in [4.78, 5) is 0. The summed E-state index contributed by atoms with van der Waals surface area (Å²) in [5, 5.41) is 15.2. The molecule has 2 N–H and O–H groups in total. The minimum atomic E-state index is -0.125. The minimum absolute atomic E-state index is 0.125. The number of rotatable bonds is 11. The van der Waals surface area contributed by atoms with Gasteiger partial charge in [0.1, 0.15) is 0 Å². The van der Waals surface area contributed by atoms with Crippen molar-refractivity contribution in [3.8, 4) is 0 Å². The van der Waals surface area contributed by atoms with E-state index in [2.05, 4.69) is 79.6 Å². The Morgan fingerprint density at radius 2 is 0.741 bits per heavy atom. The van der Waals surface area contributed by atoms with Gasteiger partial charge in [-0.25, -0.2) is 0 Å². The molecule has 0 aliphatic heterocycles.